The Hall–Kier alpha value is -3.09. The maximum atomic E-state index is 12.1. The summed E-state index contributed by atoms with van der Waals surface area (Å²) in [7, 11) is 0. The van der Waals surface area contributed by atoms with Gasteiger partial charge in [-0.1, -0.05) is 30.0 Å². The average molecular weight is 423 g/mol. The predicted octanol–water partition coefficient (Wildman–Crippen LogP) is 6.08. The van der Waals surface area contributed by atoms with E-state index in [0.29, 0.717) is 5.69 Å². The molecule has 0 aliphatic rings. The van der Waals surface area contributed by atoms with Crippen LogP contribution in [0.2, 0.25) is 0 Å². The second-order valence-corrected chi connectivity index (χ2v) is 5.30. The standard InChI is InChI=1S/C15H10FNO.C4H3F7/c16-15(18)17-14-10-8-13(9-11-14)7-6-12-4-2-1-3-5-12;5-1(2(6)7)4(10,11)3(8)9/h1-5,8-11H,(H,17,18);1-3H. The molecular formula is C19H13F8NO. The van der Waals surface area contributed by atoms with Crippen molar-refractivity contribution < 1.29 is 39.9 Å². The highest BCUT2D eigenvalue weighted by Gasteiger charge is 2.53. The molecule has 1 atom stereocenters. The van der Waals surface area contributed by atoms with Gasteiger partial charge in [-0.2, -0.15) is 8.78 Å². The Morgan fingerprint density at radius 3 is 1.69 bits per heavy atom. The number of hydrogen-bond acceptors (Lipinski definition) is 1. The molecule has 0 saturated heterocycles. The first-order valence-electron chi connectivity index (χ1n) is 7.75. The molecule has 0 fully saturated rings. The maximum absolute atomic E-state index is 12.1. The largest absolute Gasteiger partial charge is 0.401 e. The molecule has 0 spiro atoms. The van der Waals surface area contributed by atoms with E-state index in [1.807, 2.05) is 30.3 Å². The van der Waals surface area contributed by atoms with E-state index in [4.69, 9.17) is 0 Å². The summed E-state index contributed by atoms with van der Waals surface area (Å²) in [5.74, 6) is 0.725. The zero-order valence-electron chi connectivity index (χ0n) is 14.4. The van der Waals surface area contributed by atoms with Crippen molar-refractivity contribution in [3.8, 4) is 11.8 Å². The van der Waals surface area contributed by atoms with Crippen LogP contribution in [-0.4, -0.2) is 31.1 Å². The topological polar surface area (TPSA) is 29.1 Å². The molecule has 2 rings (SSSR count). The molecule has 2 aromatic rings. The number of anilines is 1. The minimum atomic E-state index is -5.27. The number of benzene rings is 2. The molecule has 2 nitrogen and oxygen atoms in total. The Labute approximate surface area is 160 Å². The van der Waals surface area contributed by atoms with Gasteiger partial charge in [0.05, 0.1) is 0 Å². The molecule has 0 saturated carbocycles. The zero-order chi connectivity index (χ0) is 22.0. The molecule has 0 aliphatic heterocycles. The normalized spacial score (nSPS) is 11.8. The van der Waals surface area contributed by atoms with Gasteiger partial charge in [0.15, 0.2) is 0 Å². The molecule has 1 unspecified atom stereocenters. The predicted molar refractivity (Wildman–Crippen MR) is 90.8 cm³/mol. The maximum Gasteiger partial charge on any atom is 0.401 e. The lowest BCUT2D eigenvalue weighted by Gasteiger charge is -2.18. The van der Waals surface area contributed by atoms with Crippen LogP contribution >= 0.6 is 0 Å². The molecule has 1 amide bonds. The third-order valence-electron chi connectivity index (χ3n) is 3.13. The Morgan fingerprint density at radius 1 is 0.828 bits per heavy atom. The lowest BCUT2D eigenvalue weighted by atomic mass is 10.2. The minimum Gasteiger partial charge on any atom is -0.298 e. The summed E-state index contributed by atoms with van der Waals surface area (Å²) in [6.07, 6.45) is -14.2. The number of amides is 1. The van der Waals surface area contributed by atoms with Crippen molar-refractivity contribution in [1.29, 1.82) is 0 Å². The summed E-state index contributed by atoms with van der Waals surface area (Å²) >= 11 is 0. The van der Waals surface area contributed by atoms with Gasteiger partial charge >= 0.3 is 18.5 Å². The molecule has 1 N–H and O–H groups in total. The van der Waals surface area contributed by atoms with Gasteiger partial charge in [-0.3, -0.25) is 5.32 Å². The SMILES string of the molecule is FC(F)C(F)C(F)(F)C(F)F.O=C(F)Nc1ccc(C#Cc2ccccc2)cc1. The van der Waals surface area contributed by atoms with Crippen molar-refractivity contribution in [2.45, 2.75) is 24.9 Å². The quantitative estimate of drug-likeness (QED) is 0.275. The van der Waals surface area contributed by atoms with Gasteiger partial charge in [-0.15, -0.1) is 4.39 Å². The molecule has 0 aromatic heterocycles. The number of nitrogens with one attached hydrogen (secondary N) is 1. The lowest BCUT2D eigenvalue weighted by molar-refractivity contribution is -0.199. The molecular weight excluding hydrogens is 410 g/mol. The fourth-order valence-electron chi connectivity index (χ4n) is 1.70. The van der Waals surface area contributed by atoms with Gasteiger partial charge in [0.1, 0.15) is 0 Å². The first-order valence-corrected chi connectivity index (χ1v) is 7.75. The second-order valence-electron chi connectivity index (χ2n) is 5.30. The van der Waals surface area contributed by atoms with Crippen LogP contribution in [0.1, 0.15) is 11.1 Å². The third kappa shape index (κ3) is 8.21. The van der Waals surface area contributed by atoms with E-state index in [2.05, 4.69) is 17.2 Å². The Bertz CT molecular complexity index is 829. The summed E-state index contributed by atoms with van der Waals surface area (Å²) in [6, 6.07) is 16.3. The molecule has 0 aliphatic carbocycles. The Morgan fingerprint density at radius 2 is 1.31 bits per heavy atom. The third-order valence-corrected chi connectivity index (χ3v) is 3.13. The number of hydrogen-bond donors (Lipinski definition) is 1. The number of halogens is 8. The van der Waals surface area contributed by atoms with E-state index < -0.39 is 31.1 Å². The van der Waals surface area contributed by atoms with Gasteiger partial charge < -0.3 is 0 Å². The van der Waals surface area contributed by atoms with Crippen LogP contribution in [0.4, 0.5) is 45.6 Å². The van der Waals surface area contributed by atoms with Gasteiger partial charge in [0, 0.05) is 16.8 Å². The highest BCUT2D eigenvalue weighted by atomic mass is 19.3. The average Bonchev–Trinajstić information content (AvgIpc) is 2.67. The van der Waals surface area contributed by atoms with E-state index in [-0.39, 0.29) is 0 Å². The molecule has 156 valence electrons. The molecule has 29 heavy (non-hydrogen) atoms. The summed E-state index contributed by atoms with van der Waals surface area (Å²) < 4.78 is 91.2. The molecule has 2 aromatic carbocycles. The summed E-state index contributed by atoms with van der Waals surface area (Å²) in [4.78, 5) is 10.2. The number of rotatable bonds is 4. The molecule has 10 heteroatoms. The van der Waals surface area contributed by atoms with Crippen molar-refractivity contribution in [3.05, 3.63) is 65.7 Å². The van der Waals surface area contributed by atoms with Crippen LogP contribution in [0.25, 0.3) is 0 Å². The highest BCUT2D eigenvalue weighted by molar-refractivity contribution is 5.83. The highest BCUT2D eigenvalue weighted by Crippen LogP contribution is 2.32. The lowest BCUT2D eigenvalue weighted by Crippen LogP contribution is -2.41. The minimum absolute atomic E-state index is 0.410. The first-order chi connectivity index (χ1) is 13.5. The Balaban J connectivity index is 0.000000331. The van der Waals surface area contributed by atoms with Crippen LogP contribution in [0.5, 0.6) is 0 Å². The zero-order valence-corrected chi connectivity index (χ0v) is 14.4. The van der Waals surface area contributed by atoms with E-state index >= 15 is 0 Å². The van der Waals surface area contributed by atoms with Crippen LogP contribution in [0.15, 0.2) is 54.6 Å². The molecule has 0 radical (unpaired) electrons. The van der Waals surface area contributed by atoms with Gasteiger partial charge in [-0.05, 0) is 36.4 Å². The van der Waals surface area contributed by atoms with Crippen LogP contribution in [-0.2, 0) is 0 Å². The number of alkyl halides is 7. The summed E-state index contributed by atoms with van der Waals surface area (Å²) in [5.41, 5.74) is 2.14. The van der Waals surface area contributed by atoms with Crippen molar-refractivity contribution in [2.24, 2.45) is 0 Å². The van der Waals surface area contributed by atoms with Gasteiger partial charge in [0.25, 0.3) is 6.43 Å². The Kier molecular flexibility index (Phi) is 9.12. The second kappa shape index (κ2) is 11.0. The van der Waals surface area contributed by atoms with Crippen molar-refractivity contribution in [3.63, 3.8) is 0 Å². The van der Waals surface area contributed by atoms with E-state index in [1.54, 1.807) is 24.3 Å². The monoisotopic (exact) mass is 423 g/mol. The van der Waals surface area contributed by atoms with E-state index in [0.717, 1.165) is 11.1 Å². The molecule has 0 bridgehead atoms. The fourth-order valence-corrected chi connectivity index (χ4v) is 1.70. The van der Waals surface area contributed by atoms with Crippen LogP contribution in [0, 0.1) is 11.8 Å². The fraction of sp³-hybridized carbons (Fsp3) is 0.211. The smallest absolute Gasteiger partial charge is 0.298 e. The van der Waals surface area contributed by atoms with Crippen LogP contribution in [0.3, 0.4) is 0 Å². The van der Waals surface area contributed by atoms with Gasteiger partial charge in [0.2, 0.25) is 6.17 Å². The van der Waals surface area contributed by atoms with Crippen molar-refractivity contribution in [1.82, 2.24) is 0 Å². The summed E-state index contributed by atoms with van der Waals surface area (Å²) in [6.45, 7) is 0. The van der Waals surface area contributed by atoms with E-state index in [9.17, 15) is 39.9 Å². The number of carbonyl (C=O) groups is 1. The summed E-state index contributed by atoms with van der Waals surface area (Å²) in [5, 5.41) is 2.05. The van der Waals surface area contributed by atoms with Crippen molar-refractivity contribution in [2.75, 3.05) is 5.32 Å². The first kappa shape index (κ1) is 23.9. The van der Waals surface area contributed by atoms with E-state index in [1.165, 1.54) is 0 Å². The molecule has 0 heterocycles. The van der Waals surface area contributed by atoms with Crippen LogP contribution < -0.4 is 5.32 Å². The van der Waals surface area contributed by atoms with Gasteiger partial charge in [-0.25, -0.2) is 26.7 Å². The number of carbonyl (C=O) groups excluding carboxylic acids is 1. The van der Waals surface area contributed by atoms with Crippen molar-refractivity contribution >= 4 is 11.8 Å².